The minimum atomic E-state index is -4.48. The zero-order valence-electron chi connectivity index (χ0n) is 18.5. The fourth-order valence-electron chi connectivity index (χ4n) is 4.31. The molecule has 0 saturated carbocycles. The molecule has 2 amide bonds. The van der Waals surface area contributed by atoms with Gasteiger partial charge in [0.15, 0.2) is 0 Å². The van der Waals surface area contributed by atoms with Crippen LogP contribution in [-0.2, 0) is 43.3 Å². The predicted octanol–water partition coefficient (Wildman–Crippen LogP) is 5.41. The molecule has 0 radical (unpaired) electrons. The van der Waals surface area contributed by atoms with Gasteiger partial charge in [-0.25, -0.2) is 9.59 Å². The standard InChI is InChI=1S/C23H26F3N3O3S2/c1-2-3-10-32-21(30)18-14-6-4-5-7-16(14)34-20(18)29-22(31)28-11-15-13-8-9-27-12-17(13)33-19(15)23(24,25)26/h2,27H,1,3-12H2,(H2,28,29,31). The Kier molecular flexibility index (Phi) is 7.63. The van der Waals surface area contributed by atoms with Crippen molar-refractivity contribution in [2.24, 2.45) is 0 Å². The van der Waals surface area contributed by atoms with Gasteiger partial charge < -0.3 is 15.4 Å². The Balaban J connectivity index is 1.51. The number of rotatable bonds is 7. The minimum absolute atomic E-state index is 0.124. The number of fused-ring (bicyclic) bond motifs is 2. The van der Waals surface area contributed by atoms with Gasteiger partial charge in [-0.1, -0.05) is 6.08 Å². The SMILES string of the molecule is C=CCCOC(=O)c1c(NC(=O)NCc2c(C(F)(F)F)sc3c2CCNC3)sc2c1CCCC2. The summed E-state index contributed by atoms with van der Waals surface area (Å²) in [5.74, 6) is -0.504. The number of hydrogen-bond acceptors (Lipinski definition) is 6. The molecule has 1 aliphatic heterocycles. The van der Waals surface area contributed by atoms with Gasteiger partial charge in [-0.3, -0.25) is 5.32 Å². The maximum Gasteiger partial charge on any atom is 0.425 e. The number of esters is 1. The number of nitrogens with one attached hydrogen (secondary N) is 3. The van der Waals surface area contributed by atoms with Crippen LogP contribution in [0.1, 0.15) is 60.9 Å². The van der Waals surface area contributed by atoms with Crippen LogP contribution in [0.15, 0.2) is 12.7 Å². The van der Waals surface area contributed by atoms with Crippen LogP contribution in [0.2, 0.25) is 0 Å². The lowest BCUT2D eigenvalue weighted by Gasteiger charge is -2.16. The van der Waals surface area contributed by atoms with E-state index >= 15 is 0 Å². The maximum absolute atomic E-state index is 13.6. The maximum atomic E-state index is 13.6. The molecule has 3 N–H and O–H groups in total. The van der Waals surface area contributed by atoms with Crippen LogP contribution in [0.3, 0.4) is 0 Å². The summed E-state index contributed by atoms with van der Waals surface area (Å²) in [6.07, 6.45) is 1.67. The number of ether oxygens (including phenoxy) is 1. The van der Waals surface area contributed by atoms with E-state index in [4.69, 9.17) is 4.74 Å². The lowest BCUT2D eigenvalue weighted by Crippen LogP contribution is -2.30. The van der Waals surface area contributed by atoms with Crippen molar-refractivity contribution in [3.63, 3.8) is 0 Å². The minimum Gasteiger partial charge on any atom is -0.462 e. The Morgan fingerprint density at radius 2 is 1.91 bits per heavy atom. The van der Waals surface area contributed by atoms with Crippen molar-refractivity contribution in [3.8, 4) is 0 Å². The van der Waals surface area contributed by atoms with Crippen molar-refractivity contribution in [1.82, 2.24) is 10.6 Å². The molecule has 1 aliphatic carbocycles. The summed E-state index contributed by atoms with van der Waals surface area (Å²) in [6, 6.07) is -0.652. The van der Waals surface area contributed by atoms with Gasteiger partial charge in [0.2, 0.25) is 0 Å². The summed E-state index contributed by atoms with van der Waals surface area (Å²) in [5, 5.41) is 8.73. The van der Waals surface area contributed by atoms with Crippen LogP contribution >= 0.6 is 22.7 Å². The Bertz CT molecular complexity index is 1090. The molecule has 0 saturated heterocycles. The first-order valence-electron chi connectivity index (χ1n) is 11.2. The van der Waals surface area contributed by atoms with Crippen LogP contribution in [0.4, 0.5) is 23.0 Å². The highest BCUT2D eigenvalue weighted by Crippen LogP contribution is 2.42. The fourth-order valence-corrected chi connectivity index (χ4v) is 6.78. The van der Waals surface area contributed by atoms with Gasteiger partial charge in [0.25, 0.3) is 0 Å². The number of carbonyl (C=O) groups is 2. The molecule has 0 atom stereocenters. The van der Waals surface area contributed by atoms with Crippen molar-refractivity contribution in [2.75, 3.05) is 18.5 Å². The summed E-state index contributed by atoms with van der Waals surface area (Å²) < 4.78 is 46.2. The monoisotopic (exact) mass is 513 g/mol. The zero-order chi connectivity index (χ0) is 24.3. The average Bonchev–Trinajstić information content (AvgIpc) is 3.36. The highest BCUT2D eigenvalue weighted by Gasteiger charge is 2.38. The highest BCUT2D eigenvalue weighted by molar-refractivity contribution is 7.17. The number of carbonyl (C=O) groups excluding carboxylic acids is 2. The van der Waals surface area contributed by atoms with Crippen LogP contribution in [-0.4, -0.2) is 25.2 Å². The number of halogens is 3. The lowest BCUT2D eigenvalue weighted by molar-refractivity contribution is -0.135. The first kappa shape index (κ1) is 24.7. The smallest absolute Gasteiger partial charge is 0.425 e. The van der Waals surface area contributed by atoms with Crippen molar-refractivity contribution in [3.05, 3.63) is 49.5 Å². The van der Waals surface area contributed by atoms with E-state index in [-0.39, 0.29) is 18.7 Å². The van der Waals surface area contributed by atoms with E-state index in [0.717, 1.165) is 47.5 Å². The summed E-state index contributed by atoms with van der Waals surface area (Å²) in [7, 11) is 0. The Morgan fingerprint density at radius 1 is 1.12 bits per heavy atom. The second kappa shape index (κ2) is 10.5. The molecule has 34 heavy (non-hydrogen) atoms. The van der Waals surface area contributed by atoms with E-state index in [0.29, 0.717) is 46.9 Å². The first-order chi connectivity index (χ1) is 16.3. The van der Waals surface area contributed by atoms with Crippen molar-refractivity contribution >= 4 is 39.7 Å². The number of anilines is 1. The molecule has 0 unspecified atom stereocenters. The van der Waals surface area contributed by atoms with Gasteiger partial charge in [-0.2, -0.15) is 13.2 Å². The Hall–Kier alpha value is -2.37. The van der Waals surface area contributed by atoms with Crippen LogP contribution in [0.25, 0.3) is 0 Å². The van der Waals surface area contributed by atoms with E-state index in [1.807, 2.05) is 0 Å². The van der Waals surface area contributed by atoms with Gasteiger partial charge in [-0.05, 0) is 61.8 Å². The van der Waals surface area contributed by atoms with Crippen LogP contribution in [0.5, 0.6) is 0 Å². The largest absolute Gasteiger partial charge is 0.462 e. The second-order valence-corrected chi connectivity index (χ2v) is 10.4. The molecule has 4 rings (SSSR count). The molecule has 0 bridgehead atoms. The van der Waals surface area contributed by atoms with E-state index in [2.05, 4.69) is 22.5 Å². The number of thiophene rings is 2. The fraction of sp³-hybridized carbons (Fsp3) is 0.478. The Morgan fingerprint density at radius 3 is 2.68 bits per heavy atom. The van der Waals surface area contributed by atoms with Crippen molar-refractivity contribution in [1.29, 1.82) is 0 Å². The van der Waals surface area contributed by atoms with Gasteiger partial charge in [-0.15, -0.1) is 29.3 Å². The molecular formula is C23H26F3N3O3S2. The van der Waals surface area contributed by atoms with E-state index < -0.39 is 23.1 Å². The van der Waals surface area contributed by atoms with Crippen LogP contribution < -0.4 is 16.0 Å². The molecule has 2 aromatic heterocycles. The summed E-state index contributed by atoms with van der Waals surface area (Å²) >= 11 is 2.07. The number of hydrogen-bond donors (Lipinski definition) is 3. The molecular weight excluding hydrogens is 487 g/mol. The number of amides is 2. The molecule has 6 nitrogen and oxygen atoms in total. The Labute approximate surface area is 203 Å². The third kappa shape index (κ3) is 5.31. The van der Waals surface area contributed by atoms with E-state index in [1.54, 1.807) is 6.08 Å². The van der Waals surface area contributed by atoms with E-state index in [1.165, 1.54) is 11.3 Å². The molecule has 3 heterocycles. The normalized spacial score (nSPS) is 15.3. The average molecular weight is 514 g/mol. The second-order valence-electron chi connectivity index (χ2n) is 8.17. The summed E-state index contributed by atoms with van der Waals surface area (Å²) in [4.78, 5) is 26.5. The van der Waals surface area contributed by atoms with Gasteiger partial charge >= 0.3 is 18.2 Å². The number of aryl methyl sites for hydroxylation is 1. The molecule has 184 valence electrons. The zero-order valence-corrected chi connectivity index (χ0v) is 20.2. The van der Waals surface area contributed by atoms with Gasteiger partial charge in [0.05, 0.1) is 12.2 Å². The summed E-state index contributed by atoms with van der Waals surface area (Å²) in [6.45, 7) is 4.55. The molecule has 0 aromatic carbocycles. The van der Waals surface area contributed by atoms with E-state index in [9.17, 15) is 22.8 Å². The van der Waals surface area contributed by atoms with Crippen molar-refractivity contribution in [2.45, 2.75) is 57.8 Å². The summed E-state index contributed by atoms with van der Waals surface area (Å²) in [5.41, 5.74) is 2.04. The molecule has 2 aromatic rings. The van der Waals surface area contributed by atoms with Crippen LogP contribution in [0, 0.1) is 0 Å². The first-order valence-corrected chi connectivity index (χ1v) is 12.8. The highest BCUT2D eigenvalue weighted by atomic mass is 32.1. The van der Waals surface area contributed by atoms with Gasteiger partial charge in [0.1, 0.15) is 9.88 Å². The third-order valence-electron chi connectivity index (χ3n) is 5.88. The quantitative estimate of drug-likeness (QED) is 0.263. The molecule has 0 fully saturated rings. The lowest BCUT2D eigenvalue weighted by atomic mass is 9.95. The van der Waals surface area contributed by atoms with Crippen molar-refractivity contribution < 1.29 is 27.5 Å². The molecule has 11 heteroatoms. The molecule has 2 aliphatic rings. The third-order valence-corrected chi connectivity index (χ3v) is 8.40. The van der Waals surface area contributed by atoms with Gasteiger partial charge in [0, 0.05) is 22.8 Å². The predicted molar refractivity (Wildman–Crippen MR) is 127 cm³/mol. The molecule has 0 spiro atoms. The topological polar surface area (TPSA) is 79.5 Å². The number of alkyl halides is 3. The number of urea groups is 1.